The Morgan fingerprint density at radius 1 is 1.07 bits per heavy atom. The highest BCUT2D eigenvalue weighted by atomic mass is 16.5. The molecule has 2 bridgehead atoms. The van der Waals surface area contributed by atoms with Gasteiger partial charge in [-0.3, -0.25) is 14.5 Å². The number of benzene rings is 1. The zero-order valence-electron chi connectivity index (χ0n) is 16.2. The van der Waals surface area contributed by atoms with Crippen molar-refractivity contribution in [2.24, 2.45) is 11.7 Å². The Balaban J connectivity index is 1.46. The lowest BCUT2D eigenvalue weighted by Crippen LogP contribution is -2.48. The number of carbonyl (C=O) groups excluding carboxylic acids is 2. The van der Waals surface area contributed by atoms with Gasteiger partial charge in [0.25, 0.3) is 11.8 Å². The van der Waals surface area contributed by atoms with E-state index in [-0.39, 0.29) is 18.6 Å². The summed E-state index contributed by atoms with van der Waals surface area (Å²) in [5.41, 5.74) is 5.74. The van der Waals surface area contributed by atoms with E-state index in [1.165, 1.54) is 6.42 Å². The number of rotatable bonds is 5. The number of ether oxygens (including phenoxy) is 2. The van der Waals surface area contributed by atoms with Gasteiger partial charge in [0.15, 0.2) is 6.61 Å². The van der Waals surface area contributed by atoms with Gasteiger partial charge in [-0.15, -0.1) is 0 Å². The summed E-state index contributed by atoms with van der Waals surface area (Å²) in [4.78, 5) is 28.8. The van der Waals surface area contributed by atoms with Crippen molar-refractivity contribution in [1.29, 1.82) is 0 Å². The highest BCUT2D eigenvalue weighted by molar-refractivity contribution is 5.95. The van der Waals surface area contributed by atoms with Crippen molar-refractivity contribution in [2.75, 3.05) is 39.5 Å². The Hall–Kier alpha value is -2.12. The Kier molecular flexibility index (Phi) is 5.82. The smallest absolute Gasteiger partial charge is 0.255 e. The molecule has 7 nitrogen and oxygen atoms in total. The van der Waals surface area contributed by atoms with Gasteiger partial charge in [-0.05, 0) is 49.8 Å². The van der Waals surface area contributed by atoms with Gasteiger partial charge >= 0.3 is 0 Å². The van der Waals surface area contributed by atoms with Gasteiger partial charge < -0.3 is 20.1 Å². The molecule has 0 aromatic heterocycles. The highest BCUT2D eigenvalue weighted by Crippen LogP contribution is 2.32. The summed E-state index contributed by atoms with van der Waals surface area (Å²) in [5, 5.41) is 0. The minimum absolute atomic E-state index is 0.0491. The number of fused-ring (bicyclic) bond motifs is 4. The maximum Gasteiger partial charge on any atom is 0.255 e. The standard InChI is InChI=1S/C21H29N3O4/c22-20(25)14-28-19-3-1-2-16(10-19)21(26)24-12-15-4-5-18(24)13-23(11-15)17-6-8-27-9-7-17/h1-3,10,15,17-18H,4-9,11-14H2,(H2,22,25). The molecule has 4 saturated heterocycles. The van der Waals surface area contributed by atoms with E-state index in [1.807, 2.05) is 6.07 Å². The number of amides is 2. The van der Waals surface area contributed by atoms with Gasteiger partial charge in [0.05, 0.1) is 0 Å². The summed E-state index contributed by atoms with van der Waals surface area (Å²) >= 11 is 0. The van der Waals surface area contributed by atoms with Crippen LogP contribution in [0.4, 0.5) is 0 Å². The van der Waals surface area contributed by atoms with Crippen LogP contribution in [0.2, 0.25) is 0 Å². The third-order valence-electron chi connectivity index (χ3n) is 6.17. The second-order valence-electron chi connectivity index (χ2n) is 8.13. The molecule has 2 N–H and O–H groups in total. The average Bonchev–Trinajstić information content (AvgIpc) is 3.05. The minimum atomic E-state index is -0.533. The predicted octanol–water partition coefficient (Wildman–Crippen LogP) is 1.27. The molecule has 7 heteroatoms. The summed E-state index contributed by atoms with van der Waals surface area (Å²) in [6, 6.07) is 7.88. The van der Waals surface area contributed by atoms with Crippen LogP contribution < -0.4 is 10.5 Å². The van der Waals surface area contributed by atoms with Gasteiger partial charge in [-0.25, -0.2) is 0 Å². The molecular weight excluding hydrogens is 358 g/mol. The van der Waals surface area contributed by atoms with Gasteiger partial charge in [-0.1, -0.05) is 6.07 Å². The molecule has 152 valence electrons. The number of piperidine rings is 1. The first-order chi connectivity index (χ1) is 13.6. The van der Waals surface area contributed by atoms with Crippen molar-refractivity contribution in [3.63, 3.8) is 0 Å². The zero-order valence-corrected chi connectivity index (χ0v) is 16.2. The lowest BCUT2D eigenvalue weighted by Gasteiger charge is -2.37. The van der Waals surface area contributed by atoms with Crippen LogP contribution in [0, 0.1) is 5.92 Å². The van der Waals surface area contributed by atoms with Crippen LogP contribution in [0.25, 0.3) is 0 Å². The van der Waals surface area contributed by atoms with E-state index in [4.69, 9.17) is 15.2 Å². The summed E-state index contributed by atoms with van der Waals surface area (Å²) in [6.07, 6.45) is 4.43. The average molecular weight is 387 g/mol. The second kappa shape index (κ2) is 8.49. The van der Waals surface area contributed by atoms with Crippen molar-refractivity contribution in [3.05, 3.63) is 29.8 Å². The normalized spacial score (nSPS) is 26.1. The molecule has 0 saturated carbocycles. The van der Waals surface area contributed by atoms with Crippen molar-refractivity contribution in [2.45, 2.75) is 37.8 Å². The molecular formula is C21H29N3O4. The molecule has 1 aromatic carbocycles. The molecule has 4 fully saturated rings. The summed E-state index contributed by atoms with van der Waals surface area (Å²) in [6.45, 7) is 4.34. The van der Waals surface area contributed by atoms with E-state index in [0.29, 0.717) is 23.3 Å². The van der Waals surface area contributed by atoms with Gasteiger partial charge in [-0.2, -0.15) is 0 Å². The quantitative estimate of drug-likeness (QED) is 0.822. The van der Waals surface area contributed by atoms with Gasteiger partial charge in [0, 0.05) is 50.5 Å². The molecule has 1 aromatic rings. The first-order valence-corrected chi connectivity index (χ1v) is 10.2. The van der Waals surface area contributed by atoms with Crippen LogP contribution in [-0.4, -0.2) is 73.2 Å². The monoisotopic (exact) mass is 387 g/mol. The number of nitrogens with two attached hydrogens (primary N) is 1. The molecule has 2 atom stereocenters. The molecule has 0 radical (unpaired) electrons. The van der Waals surface area contributed by atoms with Crippen LogP contribution in [0.15, 0.2) is 24.3 Å². The fourth-order valence-corrected chi connectivity index (χ4v) is 4.75. The predicted molar refractivity (Wildman–Crippen MR) is 104 cm³/mol. The molecule has 2 unspecified atom stereocenters. The lowest BCUT2D eigenvalue weighted by molar-refractivity contribution is -0.119. The zero-order chi connectivity index (χ0) is 19.5. The maximum atomic E-state index is 13.3. The van der Waals surface area contributed by atoms with Crippen LogP contribution in [0.1, 0.15) is 36.0 Å². The van der Waals surface area contributed by atoms with Crippen molar-refractivity contribution in [3.8, 4) is 5.75 Å². The maximum absolute atomic E-state index is 13.3. The lowest BCUT2D eigenvalue weighted by atomic mass is 9.94. The van der Waals surface area contributed by atoms with Crippen molar-refractivity contribution in [1.82, 2.24) is 9.80 Å². The third kappa shape index (κ3) is 4.31. The van der Waals surface area contributed by atoms with Gasteiger partial charge in [0.1, 0.15) is 5.75 Å². The minimum Gasteiger partial charge on any atom is -0.484 e. The SMILES string of the molecule is NC(=O)COc1cccc(C(=O)N2CC3CCC2CN(C2CCOCC2)C3)c1. The van der Waals surface area contributed by atoms with E-state index < -0.39 is 5.91 Å². The largest absolute Gasteiger partial charge is 0.484 e. The number of hydrogen-bond donors (Lipinski definition) is 1. The molecule has 4 aliphatic heterocycles. The Labute approximate surface area is 165 Å². The van der Waals surface area contributed by atoms with Crippen LogP contribution >= 0.6 is 0 Å². The highest BCUT2D eigenvalue weighted by Gasteiger charge is 2.39. The van der Waals surface area contributed by atoms with Crippen molar-refractivity contribution < 1.29 is 19.1 Å². The Morgan fingerprint density at radius 3 is 2.68 bits per heavy atom. The topological polar surface area (TPSA) is 85.1 Å². The Morgan fingerprint density at radius 2 is 1.89 bits per heavy atom. The number of hydrogen-bond acceptors (Lipinski definition) is 5. The fourth-order valence-electron chi connectivity index (χ4n) is 4.75. The number of primary amides is 1. The molecule has 5 rings (SSSR count). The molecule has 4 heterocycles. The van der Waals surface area contributed by atoms with E-state index in [1.54, 1.807) is 18.2 Å². The van der Waals surface area contributed by atoms with Crippen LogP contribution in [-0.2, 0) is 9.53 Å². The van der Waals surface area contributed by atoms with E-state index in [2.05, 4.69) is 9.80 Å². The summed E-state index contributed by atoms with van der Waals surface area (Å²) in [5.74, 6) is 0.538. The van der Waals surface area contributed by atoms with Gasteiger partial charge in [0.2, 0.25) is 0 Å². The molecule has 2 amide bonds. The first-order valence-electron chi connectivity index (χ1n) is 10.2. The molecule has 28 heavy (non-hydrogen) atoms. The van der Waals surface area contributed by atoms with E-state index in [0.717, 1.165) is 52.1 Å². The molecule has 0 aliphatic carbocycles. The van der Waals surface area contributed by atoms with Crippen LogP contribution in [0.3, 0.4) is 0 Å². The Bertz CT molecular complexity index is 719. The van der Waals surface area contributed by atoms with E-state index in [9.17, 15) is 9.59 Å². The molecule has 0 spiro atoms. The second-order valence-corrected chi connectivity index (χ2v) is 8.13. The van der Waals surface area contributed by atoms with Crippen LogP contribution in [0.5, 0.6) is 5.75 Å². The fraction of sp³-hybridized carbons (Fsp3) is 0.619. The number of nitrogens with zero attached hydrogens (tertiary/aromatic N) is 2. The molecule has 4 aliphatic rings. The summed E-state index contributed by atoms with van der Waals surface area (Å²) < 4.78 is 10.9. The summed E-state index contributed by atoms with van der Waals surface area (Å²) in [7, 11) is 0. The van der Waals surface area contributed by atoms with E-state index >= 15 is 0 Å². The first kappa shape index (κ1) is 19.2. The number of carbonyl (C=O) groups is 2. The van der Waals surface area contributed by atoms with Crippen molar-refractivity contribution >= 4 is 11.8 Å². The third-order valence-corrected chi connectivity index (χ3v) is 6.17.